The van der Waals surface area contributed by atoms with Crippen LogP contribution in [0.2, 0.25) is 0 Å². The van der Waals surface area contributed by atoms with Gasteiger partial charge in [-0.2, -0.15) is 8.78 Å². The first-order valence-corrected chi connectivity index (χ1v) is 8.11. The van der Waals surface area contributed by atoms with E-state index in [0.717, 1.165) is 30.3 Å². The van der Waals surface area contributed by atoms with Gasteiger partial charge in [-0.15, -0.1) is 0 Å². The summed E-state index contributed by atoms with van der Waals surface area (Å²) in [5, 5.41) is 10.8. The summed E-state index contributed by atoms with van der Waals surface area (Å²) < 4.78 is 60.4. The first kappa shape index (κ1) is 18.4. The predicted octanol–water partition coefficient (Wildman–Crippen LogP) is 3.01. The molecule has 0 saturated heterocycles. The van der Waals surface area contributed by atoms with Gasteiger partial charge in [-0.05, 0) is 30.3 Å². The van der Waals surface area contributed by atoms with E-state index in [9.17, 15) is 27.3 Å². The average molecular weight is 374 g/mol. The number of hydrogen-bond acceptors (Lipinski definition) is 6. The zero-order valence-electron chi connectivity index (χ0n) is 12.7. The lowest BCUT2D eigenvalue weighted by atomic mass is 10.3. The van der Waals surface area contributed by atoms with Gasteiger partial charge in [0.25, 0.3) is 15.7 Å². The Kier molecular flexibility index (Phi) is 5.37. The minimum Gasteiger partial charge on any atom is -0.495 e. The average Bonchev–Trinajstić information content (AvgIpc) is 2.55. The van der Waals surface area contributed by atoms with Crippen molar-refractivity contribution < 1.29 is 31.6 Å². The van der Waals surface area contributed by atoms with E-state index >= 15 is 0 Å². The number of ether oxygens (including phenoxy) is 2. The first-order valence-electron chi connectivity index (χ1n) is 6.63. The van der Waals surface area contributed by atoms with Crippen molar-refractivity contribution in [3.05, 3.63) is 52.6 Å². The van der Waals surface area contributed by atoms with Crippen LogP contribution in [0.3, 0.4) is 0 Å². The number of non-ortho nitro benzene ring substituents is 1. The summed E-state index contributed by atoms with van der Waals surface area (Å²) in [6.07, 6.45) is 0. The highest BCUT2D eigenvalue weighted by Crippen LogP contribution is 2.30. The van der Waals surface area contributed by atoms with Crippen LogP contribution in [0.25, 0.3) is 0 Å². The Hall–Kier alpha value is -2.95. The number of hydrogen-bond donors (Lipinski definition) is 1. The van der Waals surface area contributed by atoms with Crippen LogP contribution in [0.4, 0.5) is 20.2 Å². The third-order valence-electron chi connectivity index (χ3n) is 2.98. The van der Waals surface area contributed by atoms with Crippen LogP contribution in [0.5, 0.6) is 11.5 Å². The Labute approximate surface area is 141 Å². The van der Waals surface area contributed by atoms with Crippen molar-refractivity contribution in [1.82, 2.24) is 0 Å². The predicted molar refractivity (Wildman–Crippen MR) is 83.5 cm³/mol. The van der Waals surface area contributed by atoms with E-state index in [4.69, 9.17) is 4.74 Å². The van der Waals surface area contributed by atoms with Crippen molar-refractivity contribution in [2.24, 2.45) is 0 Å². The van der Waals surface area contributed by atoms with Crippen molar-refractivity contribution in [2.75, 3.05) is 11.8 Å². The van der Waals surface area contributed by atoms with Gasteiger partial charge in [0.05, 0.1) is 12.0 Å². The van der Waals surface area contributed by atoms with Crippen LogP contribution in [0.15, 0.2) is 47.4 Å². The van der Waals surface area contributed by atoms with Gasteiger partial charge in [-0.3, -0.25) is 14.8 Å². The number of nitro groups is 1. The van der Waals surface area contributed by atoms with Gasteiger partial charge in [0.2, 0.25) is 0 Å². The van der Waals surface area contributed by atoms with Gasteiger partial charge < -0.3 is 9.47 Å². The summed E-state index contributed by atoms with van der Waals surface area (Å²) >= 11 is 0. The second-order valence-electron chi connectivity index (χ2n) is 4.60. The molecule has 11 heteroatoms. The van der Waals surface area contributed by atoms with Crippen molar-refractivity contribution in [3.8, 4) is 11.5 Å². The number of nitro benzene ring substituents is 1. The molecule has 134 valence electrons. The van der Waals surface area contributed by atoms with Crippen LogP contribution in [0.1, 0.15) is 0 Å². The van der Waals surface area contributed by atoms with E-state index in [1.165, 1.54) is 19.2 Å². The van der Waals surface area contributed by atoms with Crippen molar-refractivity contribution in [2.45, 2.75) is 11.5 Å². The molecule has 0 bridgehead atoms. The van der Waals surface area contributed by atoms with Gasteiger partial charge in [-0.1, -0.05) is 0 Å². The molecular formula is C14H12F2N2O6S. The number of benzene rings is 2. The van der Waals surface area contributed by atoms with E-state index in [0.29, 0.717) is 0 Å². The van der Waals surface area contributed by atoms with Gasteiger partial charge in [0, 0.05) is 17.8 Å². The Morgan fingerprint density at radius 1 is 1.16 bits per heavy atom. The van der Waals surface area contributed by atoms with Crippen LogP contribution >= 0.6 is 0 Å². The normalized spacial score (nSPS) is 11.2. The maximum atomic E-state index is 12.5. The van der Waals surface area contributed by atoms with E-state index in [1.807, 2.05) is 0 Å². The number of sulfonamides is 1. The van der Waals surface area contributed by atoms with E-state index < -0.39 is 32.1 Å². The summed E-state index contributed by atoms with van der Waals surface area (Å²) in [4.78, 5) is 9.66. The Morgan fingerprint density at radius 2 is 1.80 bits per heavy atom. The number of nitrogens with one attached hydrogen (secondary N) is 1. The van der Waals surface area contributed by atoms with Crippen molar-refractivity contribution in [1.29, 1.82) is 0 Å². The molecule has 8 nitrogen and oxygen atoms in total. The fourth-order valence-electron chi connectivity index (χ4n) is 1.90. The molecular weight excluding hydrogens is 362 g/mol. The molecule has 0 heterocycles. The minimum atomic E-state index is -4.22. The SMILES string of the molecule is COc1ccc([N+](=O)[O-])cc1S(=O)(=O)Nc1ccc(OC(F)F)cc1. The maximum absolute atomic E-state index is 12.5. The van der Waals surface area contributed by atoms with Gasteiger partial charge in [0.1, 0.15) is 16.4 Å². The van der Waals surface area contributed by atoms with Crippen LogP contribution < -0.4 is 14.2 Å². The number of nitrogens with zero attached hydrogens (tertiary/aromatic N) is 1. The molecule has 0 aliphatic rings. The third-order valence-corrected chi connectivity index (χ3v) is 4.38. The van der Waals surface area contributed by atoms with Crippen LogP contribution in [-0.4, -0.2) is 27.1 Å². The quantitative estimate of drug-likeness (QED) is 0.590. The molecule has 0 unspecified atom stereocenters. The summed E-state index contributed by atoms with van der Waals surface area (Å²) in [6, 6.07) is 7.83. The molecule has 0 saturated carbocycles. The molecule has 1 N–H and O–H groups in total. The molecule has 0 spiro atoms. The minimum absolute atomic E-state index is 0.0511. The molecule has 0 amide bonds. The monoisotopic (exact) mass is 374 g/mol. The van der Waals surface area contributed by atoms with Gasteiger partial charge in [0.15, 0.2) is 0 Å². The largest absolute Gasteiger partial charge is 0.495 e. The molecule has 2 aromatic rings. The molecule has 0 aliphatic carbocycles. The van der Waals surface area contributed by atoms with Crippen LogP contribution in [-0.2, 0) is 10.0 Å². The molecule has 0 atom stereocenters. The number of halogens is 2. The lowest BCUT2D eigenvalue weighted by Crippen LogP contribution is -2.14. The molecule has 2 rings (SSSR count). The van der Waals surface area contributed by atoms with E-state index in [2.05, 4.69) is 9.46 Å². The second kappa shape index (κ2) is 7.30. The maximum Gasteiger partial charge on any atom is 0.387 e. The summed E-state index contributed by atoms with van der Waals surface area (Å²) in [6.45, 7) is -3.00. The molecule has 0 aromatic heterocycles. The van der Waals surface area contributed by atoms with Crippen LogP contribution in [0, 0.1) is 10.1 Å². The standard InChI is InChI=1S/C14H12F2N2O6S/c1-23-12-7-4-10(18(19)20)8-13(12)25(21,22)17-9-2-5-11(6-3-9)24-14(15)16/h2-8,14,17H,1H3. The lowest BCUT2D eigenvalue weighted by Gasteiger charge is -2.12. The smallest absolute Gasteiger partial charge is 0.387 e. The fourth-order valence-corrected chi connectivity index (χ4v) is 3.15. The molecule has 0 aliphatic heterocycles. The van der Waals surface area contributed by atoms with Gasteiger partial charge >= 0.3 is 6.61 Å². The number of anilines is 1. The Morgan fingerprint density at radius 3 is 2.32 bits per heavy atom. The molecule has 25 heavy (non-hydrogen) atoms. The topological polar surface area (TPSA) is 108 Å². The van der Waals surface area contributed by atoms with Crippen molar-refractivity contribution >= 4 is 21.4 Å². The Balaban J connectivity index is 2.32. The van der Waals surface area contributed by atoms with E-state index in [1.54, 1.807) is 0 Å². The summed E-state index contributed by atoms with van der Waals surface area (Å²) in [7, 11) is -3.00. The first-order chi connectivity index (χ1) is 11.7. The van der Waals surface area contributed by atoms with Gasteiger partial charge in [-0.25, -0.2) is 8.42 Å². The third kappa shape index (κ3) is 4.53. The highest BCUT2D eigenvalue weighted by molar-refractivity contribution is 7.92. The second-order valence-corrected chi connectivity index (χ2v) is 6.25. The zero-order valence-corrected chi connectivity index (χ0v) is 13.5. The zero-order chi connectivity index (χ0) is 18.6. The van der Waals surface area contributed by atoms with E-state index in [-0.39, 0.29) is 17.2 Å². The number of alkyl halides is 2. The number of methoxy groups -OCH3 is 1. The molecule has 0 radical (unpaired) electrons. The lowest BCUT2D eigenvalue weighted by molar-refractivity contribution is -0.385. The number of rotatable bonds is 7. The molecule has 0 fully saturated rings. The highest BCUT2D eigenvalue weighted by atomic mass is 32.2. The summed E-state index contributed by atoms with van der Waals surface area (Å²) in [5.74, 6) is -0.235. The summed E-state index contributed by atoms with van der Waals surface area (Å²) in [5.41, 5.74) is -0.378. The molecule has 2 aromatic carbocycles. The Bertz CT molecular complexity index is 871. The van der Waals surface area contributed by atoms with Crippen molar-refractivity contribution in [3.63, 3.8) is 0 Å². The highest BCUT2D eigenvalue weighted by Gasteiger charge is 2.23. The fraction of sp³-hybridized carbons (Fsp3) is 0.143.